The third-order valence-corrected chi connectivity index (χ3v) is 4.61. The van der Waals surface area contributed by atoms with E-state index in [1.807, 2.05) is 6.07 Å². The molecule has 2 amide bonds. The van der Waals surface area contributed by atoms with Gasteiger partial charge in [-0.1, -0.05) is 17.3 Å². The molecule has 0 spiro atoms. The van der Waals surface area contributed by atoms with Crippen LogP contribution in [-0.2, 0) is 0 Å². The van der Waals surface area contributed by atoms with E-state index >= 15 is 0 Å². The Bertz CT molecular complexity index is 963. The Hall–Kier alpha value is -2.80. The standard InChI is InChI=1S/C18H12BrN3O3/c1-10(22-17(23)12-4-2-3-5-13(12)18(22)24)15-9-14(21-25-15)11-6-7-20-16(19)8-11/h2-10H,1H3. The summed E-state index contributed by atoms with van der Waals surface area (Å²) < 4.78 is 6.08. The number of amides is 2. The number of carbonyl (C=O) groups excluding carboxylic acids is 2. The lowest BCUT2D eigenvalue weighted by atomic mass is 10.1. The molecule has 3 heterocycles. The molecule has 4 rings (SSSR count). The van der Waals surface area contributed by atoms with Gasteiger partial charge in [-0.3, -0.25) is 14.5 Å². The summed E-state index contributed by atoms with van der Waals surface area (Å²) in [5.41, 5.74) is 2.27. The molecule has 124 valence electrons. The number of rotatable bonds is 3. The summed E-state index contributed by atoms with van der Waals surface area (Å²) in [6, 6.07) is 11.6. The SMILES string of the molecule is CC(c1cc(-c2ccnc(Br)c2)no1)N1C(=O)c2ccccc2C1=O. The number of hydrogen-bond acceptors (Lipinski definition) is 5. The molecule has 1 atom stereocenters. The molecular weight excluding hydrogens is 386 g/mol. The molecule has 1 unspecified atom stereocenters. The first kappa shape index (κ1) is 15.7. The van der Waals surface area contributed by atoms with Crippen molar-refractivity contribution in [2.75, 3.05) is 0 Å². The van der Waals surface area contributed by atoms with Gasteiger partial charge < -0.3 is 4.52 Å². The van der Waals surface area contributed by atoms with Crippen LogP contribution in [0.4, 0.5) is 0 Å². The summed E-state index contributed by atoms with van der Waals surface area (Å²) in [7, 11) is 0. The maximum Gasteiger partial charge on any atom is 0.262 e. The number of nitrogens with zero attached hydrogens (tertiary/aromatic N) is 3. The average Bonchev–Trinajstić information content (AvgIpc) is 3.20. The van der Waals surface area contributed by atoms with E-state index in [4.69, 9.17) is 4.52 Å². The first-order valence-corrected chi connectivity index (χ1v) is 8.41. The van der Waals surface area contributed by atoms with Crippen LogP contribution in [0.15, 0.2) is 57.8 Å². The van der Waals surface area contributed by atoms with Gasteiger partial charge in [-0.25, -0.2) is 4.98 Å². The topological polar surface area (TPSA) is 76.3 Å². The zero-order valence-electron chi connectivity index (χ0n) is 13.1. The van der Waals surface area contributed by atoms with Crippen molar-refractivity contribution < 1.29 is 14.1 Å². The Morgan fingerprint density at radius 1 is 1.08 bits per heavy atom. The molecule has 7 heteroatoms. The summed E-state index contributed by atoms with van der Waals surface area (Å²) in [6.07, 6.45) is 1.65. The number of hydrogen-bond donors (Lipinski definition) is 0. The van der Waals surface area contributed by atoms with Crippen LogP contribution >= 0.6 is 15.9 Å². The van der Waals surface area contributed by atoms with Gasteiger partial charge in [0.25, 0.3) is 11.8 Å². The van der Waals surface area contributed by atoms with Crippen molar-refractivity contribution in [1.82, 2.24) is 15.0 Å². The molecular formula is C18H12BrN3O3. The molecule has 25 heavy (non-hydrogen) atoms. The van der Waals surface area contributed by atoms with Crippen LogP contribution < -0.4 is 0 Å². The highest BCUT2D eigenvalue weighted by Crippen LogP contribution is 2.32. The van der Waals surface area contributed by atoms with Gasteiger partial charge in [0.05, 0.1) is 17.2 Å². The lowest BCUT2D eigenvalue weighted by Crippen LogP contribution is -2.32. The quantitative estimate of drug-likeness (QED) is 0.495. The van der Waals surface area contributed by atoms with Crippen LogP contribution in [0.25, 0.3) is 11.3 Å². The molecule has 0 bridgehead atoms. The van der Waals surface area contributed by atoms with Crippen LogP contribution in [-0.4, -0.2) is 26.9 Å². The van der Waals surface area contributed by atoms with Crippen molar-refractivity contribution in [3.05, 3.63) is 70.2 Å². The fourth-order valence-corrected chi connectivity index (χ4v) is 3.24. The van der Waals surface area contributed by atoms with Crippen molar-refractivity contribution >= 4 is 27.7 Å². The van der Waals surface area contributed by atoms with Gasteiger partial charge in [0.15, 0.2) is 5.76 Å². The molecule has 1 aliphatic rings. The molecule has 0 saturated heterocycles. The van der Waals surface area contributed by atoms with Gasteiger partial charge in [-0.2, -0.15) is 0 Å². The molecule has 1 aromatic carbocycles. The summed E-state index contributed by atoms with van der Waals surface area (Å²) >= 11 is 3.31. The molecule has 2 aromatic heterocycles. The number of benzene rings is 1. The molecule has 6 nitrogen and oxygen atoms in total. The van der Waals surface area contributed by atoms with Crippen molar-refractivity contribution in [3.8, 4) is 11.3 Å². The summed E-state index contributed by atoms with van der Waals surface area (Å²) in [5, 5.41) is 4.05. The average molecular weight is 398 g/mol. The van der Waals surface area contributed by atoms with Gasteiger partial charge >= 0.3 is 0 Å². The molecule has 0 fully saturated rings. The van der Waals surface area contributed by atoms with E-state index < -0.39 is 6.04 Å². The van der Waals surface area contributed by atoms with E-state index in [1.165, 1.54) is 4.90 Å². The highest BCUT2D eigenvalue weighted by Gasteiger charge is 2.39. The number of carbonyl (C=O) groups is 2. The minimum absolute atomic E-state index is 0.322. The first-order valence-electron chi connectivity index (χ1n) is 7.61. The Labute approximate surface area is 151 Å². The van der Waals surface area contributed by atoms with E-state index in [1.54, 1.807) is 49.5 Å². The van der Waals surface area contributed by atoms with E-state index in [0.717, 1.165) is 5.56 Å². The molecule has 0 radical (unpaired) electrons. The van der Waals surface area contributed by atoms with Crippen LogP contribution in [0.1, 0.15) is 39.4 Å². The Kier molecular flexibility index (Phi) is 3.73. The lowest BCUT2D eigenvalue weighted by Gasteiger charge is -2.19. The van der Waals surface area contributed by atoms with Crippen LogP contribution in [0.3, 0.4) is 0 Å². The fraction of sp³-hybridized carbons (Fsp3) is 0.111. The molecule has 3 aromatic rings. The zero-order valence-corrected chi connectivity index (χ0v) is 14.7. The number of halogens is 1. The summed E-state index contributed by atoms with van der Waals surface area (Å²) in [5.74, 6) is -0.201. The van der Waals surface area contributed by atoms with Crippen molar-refractivity contribution in [2.45, 2.75) is 13.0 Å². The van der Waals surface area contributed by atoms with E-state index in [9.17, 15) is 9.59 Å². The Morgan fingerprint density at radius 3 is 2.40 bits per heavy atom. The number of imide groups is 1. The predicted molar refractivity (Wildman–Crippen MR) is 92.8 cm³/mol. The van der Waals surface area contributed by atoms with Gasteiger partial charge in [-0.05, 0) is 47.1 Å². The minimum atomic E-state index is -0.557. The largest absolute Gasteiger partial charge is 0.359 e. The van der Waals surface area contributed by atoms with E-state index in [-0.39, 0.29) is 11.8 Å². The van der Waals surface area contributed by atoms with Crippen LogP contribution in [0.5, 0.6) is 0 Å². The van der Waals surface area contributed by atoms with Gasteiger partial charge in [0.2, 0.25) is 0 Å². The second kappa shape index (κ2) is 5.93. The van der Waals surface area contributed by atoms with Gasteiger partial charge in [-0.15, -0.1) is 0 Å². The fourth-order valence-electron chi connectivity index (χ4n) is 2.87. The predicted octanol–water partition coefficient (Wildman–Crippen LogP) is 3.86. The smallest absolute Gasteiger partial charge is 0.262 e. The van der Waals surface area contributed by atoms with Crippen LogP contribution in [0, 0.1) is 0 Å². The highest BCUT2D eigenvalue weighted by molar-refractivity contribution is 9.10. The number of pyridine rings is 1. The van der Waals surface area contributed by atoms with E-state index in [2.05, 4.69) is 26.1 Å². The van der Waals surface area contributed by atoms with Crippen LogP contribution in [0.2, 0.25) is 0 Å². The molecule has 0 aliphatic carbocycles. The number of fused-ring (bicyclic) bond motifs is 1. The van der Waals surface area contributed by atoms with Crippen molar-refractivity contribution in [1.29, 1.82) is 0 Å². The normalized spacial score (nSPS) is 14.7. The lowest BCUT2D eigenvalue weighted by molar-refractivity contribution is 0.0573. The monoisotopic (exact) mass is 397 g/mol. The minimum Gasteiger partial charge on any atom is -0.359 e. The maximum atomic E-state index is 12.6. The highest BCUT2D eigenvalue weighted by atomic mass is 79.9. The Balaban J connectivity index is 1.66. The van der Waals surface area contributed by atoms with E-state index in [0.29, 0.717) is 27.2 Å². The van der Waals surface area contributed by atoms with Crippen molar-refractivity contribution in [2.24, 2.45) is 0 Å². The third kappa shape index (κ3) is 2.56. The second-order valence-electron chi connectivity index (χ2n) is 5.68. The zero-order chi connectivity index (χ0) is 17.6. The second-order valence-corrected chi connectivity index (χ2v) is 6.50. The Morgan fingerprint density at radius 2 is 1.76 bits per heavy atom. The van der Waals surface area contributed by atoms with Gasteiger partial charge in [0.1, 0.15) is 10.3 Å². The maximum absolute atomic E-state index is 12.6. The summed E-state index contributed by atoms with van der Waals surface area (Å²) in [4.78, 5) is 30.4. The molecule has 0 N–H and O–H groups in total. The number of aromatic nitrogens is 2. The third-order valence-electron chi connectivity index (χ3n) is 4.18. The summed E-state index contributed by atoms with van der Waals surface area (Å²) in [6.45, 7) is 1.74. The van der Waals surface area contributed by atoms with Gasteiger partial charge in [0, 0.05) is 17.8 Å². The van der Waals surface area contributed by atoms with Crippen molar-refractivity contribution in [3.63, 3.8) is 0 Å². The molecule has 1 aliphatic heterocycles. The first-order chi connectivity index (χ1) is 12.1. The molecule has 0 saturated carbocycles.